The number of carbonyl (C=O) groups excluding carboxylic acids is 1. The second-order valence-electron chi connectivity index (χ2n) is 5.88. The molecule has 3 nitrogen and oxygen atoms in total. The average Bonchev–Trinajstić information content (AvgIpc) is 2.89. The normalized spacial score (nSPS) is 25.4. The summed E-state index contributed by atoms with van der Waals surface area (Å²) in [4.78, 5) is 14.7. The van der Waals surface area contributed by atoms with Crippen LogP contribution in [0.2, 0.25) is 0 Å². The van der Waals surface area contributed by atoms with E-state index >= 15 is 0 Å². The van der Waals surface area contributed by atoms with Crippen LogP contribution in [0.4, 0.5) is 5.69 Å². The van der Waals surface area contributed by atoms with E-state index in [1.54, 1.807) is 0 Å². The summed E-state index contributed by atoms with van der Waals surface area (Å²) >= 11 is 0. The Bertz CT molecular complexity index is 523. The van der Waals surface area contributed by atoms with Gasteiger partial charge in [-0.15, -0.1) is 0 Å². The molecule has 2 aliphatic rings. The molecule has 2 unspecified atom stereocenters. The Labute approximate surface area is 120 Å². The summed E-state index contributed by atoms with van der Waals surface area (Å²) in [5.41, 5.74) is 2.29. The molecular formula is C17H22N2O. The van der Waals surface area contributed by atoms with Crippen molar-refractivity contribution in [2.75, 3.05) is 11.4 Å². The van der Waals surface area contributed by atoms with Gasteiger partial charge in [0.05, 0.1) is 0 Å². The van der Waals surface area contributed by atoms with Crippen LogP contribution in [0, 0.1) is 5.92 Å². The van der Waals surface area contributed by atoms with Crippen LogP contribution in [0.5, 0.6) is 0 Å². The first-order valence-corrected chi connectivity index (χ1v) is 7.52. The smallest absolute Gasteiger partial charge is 0.227 e. The Morgan fingerprint density at radius 2 is 2.25 bits per heavy atom. The van der Waals surface area contributed by atoms with E-state index in [-0.39, 0.29) is 5.91 Å². The van der Waals surface area contributed by atoms with E-state index in [1.807, 2.05) is 17.0 Å². The summed E-state index contributed by atoms with van der Waals surface area (Å²) in [5, 5.41) is 3.47. The Morgan fingerprint density at radius 3 is 3.05 bits per heavy atom. The van der Waals surface area contributed by atoms with Gasteiger partial charge in [-0.05, 0) is 37.3 Å². The van der Waals surface area contributed by atoms with Gasteiger partial charge in [0, 0.05) is 31.2 Å². The number of carbonyl (C=O) groups is 1. The minimum Gasteiger partial charge on any atom is -0.311 e. The fourth-order valence-corrected chi connectivity index (χ4v) is 3.08. The highest BCUT2D eigenvalue weighted by molar-refractivity contribution is 5.94. The maximum atomic E-state index is 12.7. The van der Waals surface area contributed by atoms with Crippen molar-refractivity contribution in [1.82, 2.24) is 5.32 Å². The van der Waals surface area contributed by atoms with Gasteiger partial charge in [-0.25, -0.2) is 0 Å². The van der Waals surface area contributed by atoms with Crippen LogP contribution >= 0.6 is 0 Å². The molecule has 1 aliphatic carbocycles. The summed E-state index contributed by atoms with van der Waals surface area (Å²) in [5.74, 6) is 0.686. The molecule has 0 saturated carbocycles. The van der Waals surface area contributed by atoms with Gasteiger partial charge in [-0.3, -0.25) is 4.79 Å². The highest BCUT2D eigenvalue weighted by atomic mass is 16.2. The molecule has 0 fully saturated rings. The molecule has 2 atom stereocenters. The SMILES string of the molecule is CC1CN(C(=O)CC2C=CCC2)c2ccccc2CN1. The minimum atomic E-state index is 0.254. The van der Waals surface area contributed by atoms with Crippen LogP contribution in [0.1, 0.15) is 31.7 Å². The molecule has 0 saturated heterocycles. The second-order valence-corrected chi connectivity index (χ2v) is 5.88. The number of benzene rings is 1. The molecule has 3 rings (SSSR count). The van der Waals surface area contributed by atoms with Crippen molar-refractivity contribution in [1.29, 1.82) is 0 Å². The number of para-hydroxylation sites is 1. The number of allylic oxidation sites excluding steroid dienone is 2. The van der Waals surface area contributed by atoms with Gasteiger partial charge < -0.3 is 10.2 Å². The number of fused-ring (bicyclic) bond motifs is 1. The monoisotopic (exact) mass is 270 g/mol. The minimum absolute atomic E-state index is 0.254. The van der Waals surface area contributed by atoms with Gasteiger partial charge in [-0.1, -0.05) is 30.4 Å². The molecule has 1 aliphatic heterocycles. The summed E-state index contributed by atoms with van der Waals surface area (Å²) in [7, 11) is 0. The molecule has 106 valence electrons. The molecular weight excluding hydrogens is 248 g/mol. The third-order valence-corrected chi connectivity index (χ3v) is 4.23. The number of anilines is 1. The standard InChI is InChI=1S/C17H22N2O/c1-13-12-19(17(20)10-14-6-2-3-7-14)16-9-5-4-8-15(16)11-18-13/h2,4-6,8-9,13-14,18H,3,7,10-12H2,1H3. The largest absolute Gasteiger partial charge is 0.311 e. The highest BCUT2D eigenvalue weighted by Crippen LogP contribution is 2.27. The Morgan fingerprint density at radius 1 is 1.40 bits per heavy atom. The maximum absolute atomic E-state index is 12.7. The lowest BCUT2D eigenvalue weighted by atomic mass is 10.0. The van der Waals surface area contributed by atoms with Gasteiger partial charge in [0.15, 0.2) is 0 Å². The van der Waals surface area contributed by atoms with Crippen molar-refractivity contribution >= 4 is 11.6 Å². The fraction of sp³-hybridized carbons (Fsp3) is 0.471. The highest BCUT2D eigenvalue weighted by Gasteiger charge is 2.25. The zero-order valence-electron chi connectivity index (χ0n) is 12.0. The lowest BCUT2D eigenvalue weighted by molar-refractivity contribution is -0.119. The fourth-order valence-electron chi connectivity index (χ4n) is 3.08. The van der Waals surface area contributed by atoms with Crippen LogP contribution in [0.25, 0.3) is 0 Å². The van der Waals surface area contributed by atoms with Crippen molar-refractivity contribution in [2.24, 2.45) is 5.92 Å². The zero-order valence-corrected chi connectivity index (χ0v) is 12.0. The van der Waals surface area contributed by atoms with Crippen molar-refractivity contribution < 1.29 is 4.79 Å². The van der Waals surface area contributed by atoms with Crippen LogP contribution in [0.3, 0.4) is 0 Å². The van der Waals surface area contributed by atoms with Gasteiger partial charge >= 0.3 is 0 Å². The number of nitrogens with one attached hydrogen (secondary N) is 1. The number of hydrogen-bond acceptors (Lipinski definition) is 2. The van der Waals surface area contributed by atoms with Gasteiger partial charge in [0.1, 0.15) is 0 Å². The third kappa shape index (κ3) is 2.78. The number of amides is 1. The summed E-state index contributed by atoms with van der Waals surface area (Å²) in [6.07, 6.45) is 7.26. The van der Waals surface area contributed by atoms with Gasteiger partial charge in [0.2, 0.25) is 5.91 Å². The molecule has 0 spiro atoms. The first-order valence-electron chi connectivity index (χ1n) is 7.52. The van der Waals surface area contributed by atoms with Crippen molar-refractivity contribution in [3.63, 3.8) is 0 Å². The Kier molecular flexibility index (Phi) is 3.88. The van der Waals surface area contributed by atoms with Gasteiger partial charge in [0.25, 0.3) is 0 Å². The van der Waals surface area contributed by atoms with E-state index < -0.39 is 0 Å². The first-order chi connectivity index (χ1) is 9.74. The van der Waals surface area contributed by atoms with Crippen LogP contribution in [-0.4, -0.2) is 18.5 Å². The van der Waals surface area contributed by atoms with Crippen molar-refractivity contribution in [2.45, 2.75) is 38.8 Å². The van der Waals surface area contributed by atoms with Gasteiger partial charge in [-0.2, -0.15) is 0 Å². The van der Waals surface area contributed by atoms with E-state index in [9.17, 15) is 4.79 Å². The van der Waals surface area contributed by atoms with E-state index in [4.69, 9.17) is 0 Å². The second kappa shape index (κ2) is 5.80. The molecule has 0 aromatic heterocycles. The lowest BCUT2D eigenvalue weighted by Gasteiger charge is -2.25. The van der Waals surface area contributed by atoms with Crippen LogP contribution in [0.15, 0.2) is 36.4 Å². The molecule has 0 bridgehead atoms. The van der Waals surface area contributed by atoms with Crippen LogP contribution < -0.4 is 10.2 Å². The van der Waals surface area contributed by atoms with E-state index in [1.165, 1.54) is 5.56 Å². The summed E-state index contributed by atoms with van der Waals surface area (Å²) in [6, 6.07) is 8.56. The molecule has 1 heterocycles. The van der Waals surface area contributed by atoms with Crippen LogP contribution in [-0.2, 0) is 11.3 Å². The number of hydrogen-bond donors (Lipinski definition) is 1. The Balaban J connectivity index is 1.82. The first kappa shape index (κ1) is 13.4. The third-order valence-electron chi connectivity index (χ3n) is 4.23. The zero-order chi connectivity index (χ0) is 13.9. The maximum Gasteiger partial charge on any atom is 0.227 e. The average molecular weight is 270 g/mol. The molecule has 20 heavy (non-hydrogen) atoms. The number of nitrogens with zero attached hydrogens (tertiary/aromatic N) is 1. The topological polar surface area (TPSA) is 32.3 Å². The predicted molar refractivity (Wildman–Crippen MR) is 81.6 cm³/mol. The Hall–Kier alpha value is -1.61. The quantitative estimate of drug-likeness (QED) is 0.838. The summed E-state index contributed by atoms with van der Waals surface area (Å²) in [6.45, 7) is 3.73. The van der Waals surface area contributed by atoms with E-state index in [0.29, 0.717) is 18.4 Å². The molecule has 3 heteroatoms. The molecule has 1 N–H and O–H groups in total. The molecule has 1 aromatic carbocycles. The lowest BCUT2D eigenvalue weighted by Crippen LogP contribution is -2.40. The molecule has 0 radical (unpaired) electrons. The molecule has 1 aromatic rings. The van der Waals surface area contributed by atoms with Crippen molar-refractivity contribution in [3.8, 4) is 0 Å². The summed E-state index contributed by atoms with van der Waals surface area (Å²) < 4.78 is 0. The van der Waals surface area contributed by atoms with E-state index in [0.717, 1.165) is 31.6 Å². The van der Waals surface area contributed by atoms with Crippen molar-refractivity contribution in [3.05, 3.63) is 42.0 Å². The number of rotatable bonds is 2. The molecule has 1 amide bonds. The predicted octanol–water partition coefficient (Wildman–Crippen LogP) is 2.87. The van der Waals surface area contributed by atoms with E-state index in [2.05, 4.69) is 36.5 Å².